The Balaban J connectivity index is 2.34. The van der Waals surface area contributed by atoms with Crippen LogP contribution in [-0.4, -0.2) is 22.7 Å². The average Bonchev–Trinajstić information content (AvgIpc) is 2.45. The van der Waals surface area contributed by atoms with Crippen molar-refractivity contribution in [2.75, 3.05) is 11.9 Å². The van der Waals surface area contributed by atoms with E-state index in [1.807, 2.05) is 25.1 Å². The lowest BCUT2D eigenvalue weighted by Gasteiger charge is -2.09. The van der Waals surface area contributed by atoms with Crippen molar-refractivity contribution in [3.63, 3.8) is 0 Å². The predicted octanol–water partition coefficient (Wildman–Crippen LogP) is 2.83. The van der Waals surface area contributed by atoms with Crippen LogP contribution in [0.25, 0.3) is 0 Å². The molecule has 5 nitrogen and oxygen atoms in total. The number of nitrogens with one attached hydrogen (secondary N) is 3. The molecule has 0 radical (unpaired) electrons. The quantitative estimate of drug-likeness (QED) is 0.718. The Morgan fingerprint density at radius 2 is 2.29 bits per heavy atom. The highest BCUT2D eigenvalue weighted by atomic mass is 35.5. The minimum Gasteiger partial charge on any atom is -0.369 e. The molecule has 0 atom stereocenters. The molecular weight excluding hydrogens is 288 g/mol. The van der Waals surface area contributed by atoms with Crippen LogP contribution in [0.2, 0.25) is 5.02 Å². The Hall–Kier alpha value is -2.14. The van der Waals surface area contributed by atoms with Crippen LogP contribution in [0.15, 0.2) is 29.1 Å². The minimum absolute atomic E-state index is 0.248. The van der Waals surface area contributed by atoms with Crippen molar-refractivity contribution in [1.29, 1.82) is 5.41 Å². The highest BCUT2D eigenvalue weighted by Crippen LogP contribution is 2.14. The van der Waals surface area contributed by atoms with E-state index in [-0.39, 0.29) is 11.1 Å². The Bertz CT molecular complexity index is 696. The molecule has 0 saturated carbocycles. The third-order valence-electron chi connectivity index (χ3n) is 2.95. The first kappa shape index (κ1) is 15.3. The van der Waals surface area contributed by atoms with E-state index in [1.165, 1.54) is 0 Å². The van der Waals surface area contributed by atoms with E-state index < -0.39 is 0 Å². The van der Waals surface area contributed by atoms with Crippen molar-refractivity contribution in [3.8, 4) is 0 Å². The summed E-state index contributed by atoms with van der Waals surface area (Å²) in [6.45, 7) is 2.73. The van der Waals surface area contributed by atoms with E-state index in [0.717, 1.165) is 18.2 Å². The molecule has 0 unspecified atom stereocenters. The zero-order valence-corrected chi connectivity index (χ0v) is 12.5. The van der Waals surface area contributed by atoms with Crippen LogP contribution in [0.4, 0.5) is 5.82 Å². The summed E-state index contributed by atoms with van der Waals surface area (Å²) < 4.78 is 0. The van der Waals surface area contributed by atoms with Crippen molar-refractivity contribution in [2.45, 2.75) is 19.8 Å². The van der Waals surface area contributed by atoms with Gasteiger partial charge < -0.3 is 15.7 Å². The molecule has 2 rings (SSSR count). The lowest BCUT2D eigenvalue weighted by Crippen LogP contribution is -2.20. The van der Waals surface area contributed by atoms with Gasteiger partial charge in [0.05, 0.1) is 5.56 Å². The van der Waals surface area contributed by atoms with Crippen LogP contribution in [0.5, 0.6) is 0 Å². The van der Waals surface area contributed by atoms with Gasteiger partial charge in [0, 0.05) is 24.2 Å². The first-order chi connectivity index (χ1) is 10.1. The van der Waals surface area contributed by atoms with Crippen molar-refractivity contribution >= 4 is 23.6 Å². The zero-order valence-electron chi connectivity index (χ0n) is 11.7. The SMILES string of the molecule is CCCNc1nc(Cc2cccc(Cl)c2)[nH]c(=O)c1C=N. The predicted molar refractivity (Wildman–Crippen MR) is 85.8 cm³/mol. The molecule has 0 amide bonds. The van der Waals surface area contributed by atoms with Crippen LogP contribution in [0.3, 0.4) is 0 Å². The largest absolute Gasteiger partial charge is 0.369 e. The van der Waals surface area contributed by atoms with Crippen molar-refractivity contribution < 1.29 is 0 Å². The average molecular weight is 305 g/mol. The molecule has 1 aromatic carbocycles. The fraction of sp³-hybridized carbons (Fsp3) is 0.267. The molecule has 0 saturated heterocycles. The van der Waals surface area contributed by atoms with Crippen LogP contribution in [0, 0.1) is 5.41 Å². The topological polar surface area (TPSA) is 81.6 Å². The number of aromatic nitrogens is 2. The first-order valence-electron chi connectivity index (χ1n) is 6.76. The lowest BCUT2D eigenvalue weighted by molar-refractivity contribution is 0.916. The molecule has 21 heavy (non-hydrogen) atoms. The number of hydrogen-bond donors (Lipinski definition) is 3. The van der Waals surface area contributed by atoms with Gasteiger partial charge in [-0.3, -0.25) is 4.79 Å². The number of halogens is 1. The van der Waals surface area contributed by atoms with Gasteiger partial charge in [0.25, 0.3) is 5.56 Å². The molecule has 6 heteroatoms. The van der Waals surface area contributed by atoms with E-state index >= 15 is 0 Å². The van der Waals surface area contributed by atoms with E-state index in [4.69, 9.17) is 17.0 Å². The minimum atomic E-state index is -0.310. The third kappa shape index (κ3) is 3.92. The summed E-state index contributed by atoms with van der Waals surface area (Å²) in [5.74, 6) is 0.999. The molecule has 0 spiro atoms. The second-order valence-corrected chi connectivity index (χ2v) is 5.09. The Kier molecular flexibility index (Phi) is 5.11. The van der Waals surface area contributed by atoms with Gasteiger partial charge in [-0.1, -0.05) is 30.7 Å². The zero-order chi connectivity index (χ0) is 15.2. The second kappa shape index (κ2) is 7.04. The van der Waals surface area contributed by atoms with Crippen LogP contribution >= 0.6 is 11.6 Å². The summed E-state index contributed by atoms with van der Waals surface area (Å²) in [6, 6.07) is 7.42. The van der Waals surface area contributed by atoms with Gasteiger partial charge in [0.2, 0.25) is 0 Å². The summed E-state index contributed by atoms with van der Waals surface area (Å²) in [5.41, 5.74) is 0.906. The van der Waals surface area contributed by atoms with Crippen LogP contribution < -0.4 is 10.9 Å². The standard InChI is InChI=1S/C15H17ClN4O/c1-2-6-18-14-12(9-17)15(21)20-13(19-14)8-10-4-3-5-11(16)7-10/h3-5,7,9,17H,2,6,8H2,1H3,(H2,18,19,20,21). The number of nitrogens with zero attached hydrogens (tertiary/aromatic N) is 1. The Morgan fingerprint density at radius 3 is 2.95 bits per heavy atom. The maximum atomic E-state index is 12.0. The Morgan fingerprint density at radius 1 is 1.48 bits per heavy atom. The van der Waals surface area contributed by atoms with Gasteiger partial charge in [-0.05, 0) is 24.1 Å². The van der Waals surface area contributed by atoms with E-state index in [2.05, 4.69) is 15.3 Å². The van der Waals surface area contributed by atoms with Crippen molar-refractivity contribution in [3.05, 3.63) is 56.6 Å². The van der Waals surface area contributed by atoms with Crippen molar-refractivity contribution in [2.24, 2.45) is 0 Å². The molecule has 1 heterocycles. The van der Waals surface area contributed by atoms with Crippen LogP contribution in [-0.2, 0) is 6.42 Å². The molecule has 110 valence electrons. The summed E-state index contributed by atoms with van der Waals surface area (Å²) in [4.78, 5) is 19.1. The number of aromatic amines is 1. The maximum Gasteiger partial charge on any atom is 0.261 e. The van der Waals surface area contributed by atoms with Crippen LogP contribution in [0.1, 0.15) is 30.3 Å². The summed E-state index contributed by atoms with van der Waals surface area (Å²) in [5, 5.41) is 11.1. The molecule has 3 N–H and O–H groups in total. The van der Waals surface area contributed by atoms with Crippen molar-refractivity contribution in [1.82, 2.24) is 9.97 Å². The fourth-order valence-electron chi connectivity index (χ4n) is 1.97. The van der Waals surface area contributed by atoms with E-state index in [0.29, 0.717) is 29.6 Å². The number of hydrogen-bond acceptors (Lipinski definition) is 4. The lowest BCUT2D eigenvalue weighted by atomic mass is 10.1. The molecule has 0 aliphatic heterocycles. The maximum absolute atomic E-state index is 12.0. The number of H-pyrrole nitrogens is 1. The molecule has 0 aliphatic carbocycles. The summed E-state index contributed by atoms with van der Waals surface area (Å²) >= 11 is 5.96. The molecule has 2 aromatic rings. The fourth-order valence-corrected chi connectivity index (χ4v) is 2.18. The molecule has 0 bridgehead atoms. The molecule has 1 aromatic heterocycles. The van der Waals surface area contributed by atoms with Gasteiger partial charge in [0.1, 0.15) is 11.6 Å². The highest BCUT2D eigenvalue weighted by Gasteiger charge is 2.09. The smallest absolute Gasteiger partial charge is 0.261 e. The second-order valence-electron chi connectivity index (χ2n) is 4.65. The normalized spacial score (nSPS) is 10.4. The first-order valence-corrected chi connectivity index (χ1v) is 7.13. The van der Waals surface area contributed by atoms with Gasteiger partial charge >= 0.3 is 0 Å². The van der Waals surface area contributed by atoms with Gasteiger partial charge in [-0.15, -0.1) is 0 Å². The molecular formula is C15H17ClN4O. The third-order valence-corrected chi connectivity index (χ3v) is 3.19. The number of anilines is 1. The highest BCUT2D eigenvalue weighted by molar-refractivity contribution is 6.30. The number of benzene rings is 1. The number of rotatable bonds is 6. The van der Waals surface area contributed by atoms with Gasteiger partial charge in [0.15, 0.2) is 0 Å². The molecule has 0 fully saturated rings. The van der Waals surface area contributed by atoms with Gasteiger partial charge in [-0.25, -0.2) is 4.98 Å². The van der Waals surface area contributed by atoms with E-state index in [1.54, 1.807) is 6.07 Å². The summed E-state index contributed by atoms with van der Waals surface area (Å²) in [7, 11) is 0. The van der Waals surface area contributed by atoms with E-state index in [9.17, 15) is 4.79 Å². The Labute approximate surface area is 127 Å². The van der Waals surface area contributed by atoms with Gasteiger partial charge in [-0.2, -0.15) is 0 Å². The molecule has 0 aliphatic rings. The summed E-state index contributed by atoms with van der Waals surface area (Å²) in [6.07, 6.45) is 2.41. The monoisotopic (exact) mass is 304 g/mol.